The summed E-state index contributed by atoms with van der Waals surface area (Å²) < 4.78 is 4.99. The van der Waals surface area contributed by atoms with Gasteiger partial charge in [-0.05, 0) is 53.9 Å². The molecule has 0 radical (unpaired) electrons. The van der Waals surface area contributed by atoms with Crippen molar-refractivity contribution in [1.29, 1.82) is 0 Å². The summed E-state index contributed by atoms with van der Waals surface area (Å²) >= 11 is 1.69. The van der Waals surface area contributed by atoms with Crippen LogP contribution in [0.3, 0.4) is 0 Å². The van der Waals surface area contributed by atoms with Gasteiger partial charge in [-0.1, -0.05) is 30.3 Å². The fraction of sp³-hybridized carbons (Fsp3) is 0.0476. The highest BCUT2D eigenvalue weighted by molar-refractivity contribution is 14.1. The van der Waals surface area contributed by atoms with Crippen LogP contribution in [0.15, 0.2) is 72.8 Å². The summed E-state index contributed by atoms with van der Waals surface area (Å²) in [5.41, 5.74) is 3.55. The van der Waals surface area contributed by atoms with E-state index in [1.807, 2.05) is 36.4 Å². The zero-order valence-electron chi connectivity index (χ0n) is 14.7. The van der Waals surface area contributed by atoms with Gasteiger partial charge in [0.05, 0.1) is 0 Å². The van der Waals surface area contributed by atoms with Crippen LogP contribution in [0.2, 0.25) is 0 Å². The minimum atomic E-state index is -0.633. The molecule has 7 heteroatoms. The van der Waals surface area contributed by atoms with E-state index in [4.69, 9.17) is 4.74 Å². The number of benzene rings is 3. The van der Waals surface area contributed by atoms with Crippen LogP contribution in [-0.4, -0.2) is 15.1 Å². The molecule has 3 aromatic rings. The van der Waals surface area contributed by atoms with E-state index < -0.39 is 6.09 Å². The average Bonchev–Trinajstić information content (AvgIpc) is 2.64. The molecule has 0 aliphatic rings. The first-order chi connectivity index (χ1) is 13.5. The molecular weight excluding hydrogens is 471 g/mol. The van der Waals surface area contributed by atoms with Gasteiger partial charge in [0.25, 0.3) is 3.91 Å². The van der Waals surface area contributed by atoms with Crippen molar-refractivity contribution < 1.29 is 19.4 Å². The number of phenolic OH excluding ortho intramolecular Hbond substituents is 1. The van der Waals surface area contributed by atoms with Gasteiger partial charge in [0.15, 0.2) is 0 Å². The quantitative estimate of drug-likeness (QED) is 0.249. The molecule has 3 aromatic carbocycles. The van der Waals surface area contributed by atoms with Gasteiger partial charge in [0, 0.05) is 40.0 Å². The van der Waals surface area contributed by atoms with Crippen molar-refractivity contribution >= 4 is 44.0 Å². The Bertz CT molecular complexity index is 972. The smallest absolute Gasteiger partial charge is 0.417 e. The Morgan fingerprint density at radius 1 is 0.857 bits per heavy atom. The van der Waals surface area contributed by atoms with Crippen LogP contribution in [0.4, 0.5) is 21.0 Å². The highest BCUT2D eigenvalue weighted by atomic mass is 127. The lowest BCUT2D eigenvalue weighted by molar-refractivity contribution is 0.215. The fourth-order valence-electron chi connectivity index (χ4n) is 2.56. The van der Waals surface area contributed by atoms with E-state index in [1.54, 1.807) is 46.9 Å². The number of aromatic hydroxyl groups is 1. The first kappa shape index (κ1) is 19.7. The van der Waals surface area contributed by atoms with Gasteiger partial charge < -0.3 is 15.2 Å². The van der Waals surface area contributed by atoms with Crippen LogP contribution in [0.1, 0.15) is 11.1 Å². The minimum Gasteiger partial charge on any atom is -0.508 e. The lowest BCUT2D eigenvalue weighted by atomic mass is 10.0. The number of carbonyl (C=O) groups excluding carboxylic acids is 2. The van der Waals surface area contributed by atoms with Crippen molar-refractivity contribution in [3.05, 3.63) is 83.9 Å². The van der Waals surface area contributed by atoms with Crippen molar-refractivity contribution in [1.82, 2.24) is 0 Å². The number of amides is 2. The second-order valence-electron chi connectivity index (χ2n) is 5.98. The van der Waals surface area contributed by atoms with E-state index in [0.717, 1.165) is 23.2 Å². The maximum Gasteiger partial charge on any atom is 0.417 e. The Morgan fingerprint density at radius 2 is 1.43 bits per heavy atom. The molecular formula is C21H17IN2O4. The molecule has 0 aliphatic carbocycles. The second-order valence-corrected chi connectivity index (χ2v) is 6.96. The Hall–Kier alpha value is -3.07. The third-order valence-corrected chi connectivity index (χ3v) is 4.10. The van der Waals surface area contributed by atoms with Crippen LogP contribution >= 0.6 is 22.6 Å². The summed E-state index contributed by atoms with van der Waals surface area (Å²) in [4.78, 5) is 23.0. The van der Waals surface area contributed by atoms with Crippen LogP contribution in [0.25, 0.3) is 0 Å². The zero-order valence-corrected chi connectivity index (χ0v) is 16.8. The van der Waals surface area contributed by atoms with Gasteiger partial charge in [-0.2, -0.15) is 0 Å². The molecule has 0 heterocycles. The van der Waals surface area contributed by atoms with Gasteiger partial charge >= 0.3 is 6.09 Å². The van der Waals surface area contributed by atoms with Crippen molar-refractivity contribution in [2.45, 2.75) is 6.42 Å². The SMILES string of the molecule is O=C(I)Nc1ccc(Cc2ccc(NC(=O)Oc3cccc(O)c3)cc2)cc1. The Morgan fingerprint density at radius 3 is 1.96 bits per heavy atom. The fourth-order valence-corrected chi connectivity index (χ4v) is 2.87. The highest BCUT2D eigenvalue weighted by Gasteiger charge is 2.06. The molecule has 6 nitrogen and oxygen atoms in total. The highest BCUT2D eigenvalue weighted by Crippen LogP contribution is 2.19. The summed E-state index contributed by atoms with van der Waals surface area (Å²) in [5, 5.41) is 14.8. The largest absolute Gasteiger partial charge is 0.508 e. The molecule has 0 aliphatic heterocycles. The molecule has 0 fully saturated rings. The number of ether oxygens (including phenoxy) is 1. The summed E-state index contributed by atoms with van der Waals surface area (Å²) in [7, 11) is 0. The summed E-state index contributed by atoms with van der Waals surface area (Å²) in [5.74, 6) is 0.288. The van der Waals surface area contributed by atoms with Crippen molar-refractivity contribution in [3.63, 3.8) is 0 Å². The number of hydrogen-bond donors (Lipinski definition) is 3. The van der Waals surface area contributed by atoms with Gasteiger partial charge in [-0.25, -0.2) is 4.79 Å². The molecule has 0 saturated heterocycles. The maximum absolute atomic E-state index is 11.9. The maximum atomic E-state index is 11.9. The summed E-state index contributed by atoms with van der Waals surface area (Å²) in [6, 6.07) is 21.1. The average molecular weight is 488 g/mol. The summed E-state index contributed by atoms with van der Waals surface area (Å²) in [6.07, 6.45) is 0.0955. The van der Waals surface area contributed by atoms with Crippen LogP contribution in [0.5, 0.6) is 11.5 Å². The molecule has 0 unspecified atom stereocenters. The Labute approximate surface area is 175 Å². The van der Waals surface area contributed by atoms with E-state index in [-0.39, 0.29) is 15.4 Å². The van der Waals surface area contributed by atoms with Crippen LogP contribution in [0, 0.1) is 0 Å². The Balaban J connectivity index is 1.55. The van der Waals surface area contributed by atoms with Gasteiger partial charge in [-0.15, -0.1) is 0 Å². The predicted molar refractivity (Wildman–Crippen MR) is 116 cm³/mol. The van der Waals surface area contributed by atoms with Crippen molar-refractivity contribution in [2.24, 2.45) is 0 Å². The van der Waals surface area contributed by atoms with Gasteiger partial charge in [0.1, 0.15) is 11.5 Å². The van der Waals surface area contributed by atoms with E-state index in [9.17, 15) is 14.7 Å². The first-order valence-corrected chi connectivity index (χ1v) is 9.48. The molecule has 28 heavy (non-hydrogen) atoms. The topological polar surface area (TPSA) is 87.7 Å². The number of hydrogen-bond acceptors (Lipinski definition) is 4. The number of carbonyl (C=O) groups is 2. The molecule has 0 aromatic heterocycles. The van der Waals surface area contributed by atoms with E-state index in [1.165, 1.54) is 12.1 Å². The predicted octanol–water partition coefficient (Wildman–Crippen LogP) is 5.56. The summed E-state index contributed by atoms with van der Waals surface area (Å²) in [6.45, 7) is 0. The second kappa shape index (κ2) is 9.23. The minimum absolute atomic E-state index is 0.0272. The number of anilines is 2. The molecule has 0 atom stereocenters. The number of rotatable bonds is 5. The molecule has 0 saturated carbocycles. The first-order valence-electron chi connectivity index (χ1n) is 8.40. The lowest BCUT2D eigenvalue weighted by Crippen LogP contribution is -2.16. The third-order valence-electron chi connectivity index (χ3n) is 3.83. The standard InChI is InChI=1S/C21H17IN2O4/c22-20(26)23-16-8-4-14(5-9-16)12-15-6-10-17(11-7-15)24-21(27)28-19-3-1-2-18(25)13-19/h1-11,13,25H,12H2,(H,23,26)(H,24,27). The Kier molecular flexibility index (Phi) is 6.49. The molecule has 2 amide bonds. The molecule has 0 bridgehead atoms. The molecule has 142 valence electrons. The number of phenols is 1. The molecule has 0 spiro atoms. The number of nitrogens with one attached hydrogen (secondary N) is 2. The zero-order chi connectivity index (χ0) is 19.9. The van der Waals surface area contributed by atoms with Gasteiger partial charge in [0.2, 0.25) is 0 Å². The van der Waals surface area contributed by atoms with Crippen molar-refractivity contribution in [2.75, 3.05) is 10.6 Å². The number of halogens is 1. The van der Waals surface area contributed by atoms with Gasteiger partial charge in [-0.3, -0.25) is 10.1 Å². The van der Waals surface area contributed by atoms with Crippen LogP contribution < -0.4 is 15.4 Å². The van der Waals surface area contributed by atoms with E-state index >= 15 is 0 Å². The molecule has 3 rings (SSSR count). The lowest BCUT2D eigenvalue weighted by Gasteiger charge is -2.08. The van der Waals surface area contributed by atoms with E-state index in [0.29, 0.717) is 5.69 Å². The molecule has 3 N–H and O–H groups in total. The monoisotopic (exact) mass is 488 g/mol. The van der Waals surface area contributed by atoms with E-state index in [2.05, 4.69) is 10.6 Å². The normalized spacial score (nSPS) is 10.2. The van der Waals surface area contributed by atoms with Crippen molar-refractivity contribution in [3.8, 4) is 11.5 Å². The van der Waals surface area contributed by atoms with Crippen LogP contribution in [-0.2, 0) is 6.42 Å². The third kappa shape index (κ3) is 5.98.